The van der Waals surface area contributed by atoms with E-state index in [1.54, 1.807) is 42.5 Å². The van der Waals surface area contributed by atoms with Crippen molar-refractivity contribution in [3.05, 3.63) is 158 Å². The molecule has 0 saturated heterocycles. The van der Waals surface area contributed by atoms with Gasteiger partial charge in [0.15, 0.2) is 5.43 Å². The fourth-order valence-electron chi connectivity index (χ4n) is 6.37. The minimum absolute atomic E-state index is 0.00281. The maximum absolute atomic E-state index is 14.2. The number of benzene rings is 4. The fourth-order valence-corrected chi connectivity index (χ4v) is 6.53. The van der Waals surface area contributed by atoms with E-state index in [0.717, 1.165) is 16.7 Å². The van der Waals surface area contributed by atoms with Crippen LogP contribution in [0.1, 0.15) is 68.7 Å². The van der Waals surface area contributed by atoms with Crippen molar-refractivity contribution < 1.29 is 14.0 Å². The monoisotopic (exact) mass is 641 g/mol. The second-order valence-electron chi connectivity index (χ2n) is 12.3. The Bertz CT molecular complexity index is 2180. The number of amides is 2. The van der Waals surface area contributed by atoms with E-state index in [4.69, 9.17) is 21.0 Å². The van der Waals surface area contributed by atoms with Crippen molar-refractivity contribution in [2.75, 3.05) is 0 Å². The van der Waals surface area contributed by atoms with Crippen LogP contribution < -0.4 is 5.43 Å². The molecule has 234 valence electrons. The van der Waals surface area contributed by atoms with E-state index in [9.17, 15) is 14.4 Å². The summed E-state index contributed by atoms with van der Waals surface area (Å²) in [5.41, 5.74) is 5.08. The Hall–Kier alpha value is -5.27. The van der Waals surface area contributed by atoms with Gasteiger partial charge in [-0.3, -0.25) is 19.3 Å². The van der Waals surface area contributed by atoms with Gasteiger partial charge in [0.25, 0.3) is 11.8 Å². The van der Waals surface area contributed by atoms with E-state index >= 15 is 0 Å². The summed E-state index contributed by atoms with van der Waals surface area (Å²) in [5, 5.41) is 0.928. The van der Waals surface area contributed by atoms with Crippen molar-refractivity contribution in [2.45, 2.75) is 39.8 Å². The number of imide groups is 1. The van der Waals surface area contributed by atoms with Gasteiger partial charge in [-0.1, -0.05) is 97.7 Å². The molecule has 0 bridgehead atoms. The molecule has 1 aliphatic heterocycles. The van der Waals surface area contributed by atoms with Crippen molar-refractivity contribution in [2.24, 2.45) is 5.92 Å². The van der Waals surface area contributed by atoms with Crippen LogP contribution in [0.25, 0.3) is 22.4 Å². The Balaban J connectivity index is 1.41. The van der Waals surface area contributed by atoms with E-state index in [-0.39, 0.29) is 29.7 Å². The first-order valence-corrected chi connectivity index (χ1v) is 16.0. The Kier molecular flexibility index (Phi) is 7.86. The van der Waals surface area contributed by atoms with Gasteiger partial charge in [0.2, 0.25) is 0 Å². The molecule has 6 aromatic rings. The van der Waals surface area contributed by atoms with Crippen LogP contribution >= 0.6 is 11.6 Å². The van der Waals surface area contributed by atoms with Crippen molar-refractivity contribution in [3.63, 3.8) is 0 Å². The number of halogens is 1. The predicted octanol–water partition coefficient (Wildman–Crippen LogP) is 8.25. The Morgan fingerprint density at radius 3 is 2.15 bits per heavy atom. The molecule has 3 heterocycles. The number of nitrogens with zero attached hydrogens (tertiary/aromatic N) is 3. The molecule has 8 heteroatoms. The summed E-state index contributed by atoms with van der Waals surface area (Å²) >= 11 is 6.37. The number of rotatable bonds is 8. The number of imidazole rings is 1. The lowest BCUT2D eigenvalue weighted by Crippen LogP contribution is -2.29. The number of hydrogen-bond donors (Lipinski definition) is 0. The van der Waals surface area contributed by atoms with Gasteiger partial charge in [-0.15, -0.1) is 0 Å². The SMILES string of the molecule is Cc1ccc(-c2nc(CN3C(=O)c4ccccc4C3=O)cn2[C@@H](c2oc3cc(Cl)ccc3c(=O)c2Cc2ccccc2)C(C)C)cc1. The predicted molar refractivity (Wildman–Crippen MR) is 183 cm³/mol. The molecular formula is C39H32ClN3O4. The van der Waals surface area contributed by atoms with Crippen molar-refractivity contribution in [3.8, 4) is 11.4 Å². The summed E-state index contributed by atoms with van der Waals surface area (Å²) in [5.74, 6) is 0.395. The van der Waals surface area contributed by atoms with Gasteiger partial charge in [0.1, 0.15) is 17.2 Å². The van der Waals surface area contributed by atoms with Crippen molar-refractivity contribution in [1.82, 2.24) is 14.5 Å². The van der Waals surface area contributed by atoms with Crippen LogP contribution in [0.2, 0.25) is 5.02 Å². The highest BCUT2D eigenvalue weighted by molar-refractivity contribution is 6.31. The molecule has 0 fully saturated rings. The second kappa shape index (κ2) is 12.2. The molecule has 4 aromatic carbocycles. The molecule has 2 amide bonds. The minimum Gasteiger partial charge on any atom is -0.458 e. The summed E-state index contributed by atoms with van der Waals surface area (Å²) in [7, 11) is 0. The van der Waals surface area contributed by atoms with E-state index in [2.05, 4.69) is 13.8 Å². The molecule has 0 saturated carbocycles. The first-order valence-electron chi connectivity index (χ1n) is 15.6. The van der Waals surface area contributed by atoms with Crippen molar-refractivity contribution >= 4 is 34.4 Å². The molecule has 1 aliphatic rings. The topological polar surface area (TPSA) is 85.4 Å². The lowest BCUT2D eigenvalue weighted by Gasteiger charge is -2.26. The highest BCUT2D eigenvalue weighted by atomic mass is 35.5. The van der Waals surface area contributed by atoms with Gasteiger partial charge < -0.3 is 8.98 Å². The molecule has 2 aromatic heterocycles. The number of carbonyl (C=O) groups excluding carboxylic acids is 2. The van der Waals surface area contributed by atoms with Gasteiger partial charge in [0, 0.05) is 34.8 Å². The number of hydrogen-bond acceptors (Lipinski definition) is 5. The molecule has 0 aliphatic carbocycles. The van der Waals surface area contributed by atoms with E-state index in [0.29, 0.717) is 56.4 Å². The normalized spacial score (nSPS) is 13.5. The van der Waals surface area contributed by atoms with Crippen LogP contribution in [0, 0.1) is 12.8 Å². The molecule has 7 rings (SSSR count). The zero-order valence-electron chi connectivity index (χ0n) is 26.2. The zero-order chi connectivity index (χ0) is 32.8. The summed E-state index contributed by atoms with van der Waals surface area (Å²) in [6, 6.07) is 29.3. The molecule has 0 radical (unpaired) electrons. The maximum Gasteiger partial charge on any atom is 0.261 e. The largest absolute Gasteiger partial charge is 0.458 e. The average Bonchev–Trinajstić information content (AvgIpc) is 3.58. The smallest absolute Gasteiger partial charge is 0.261 e. The summed E-state index contributed by atoms with van der Waals surface area (Å²) in [6.45, 7) is 6.16. The van der Waals surface area contributed by atoms with Crippen molar-refractivity contribution in [1.29, 1.82) is 0 Å². The molecular weight excluding hydrogens is 610 g/mol. The zero-order valence-corrected chi connectivity index (χ0v) is 27.0. The number of carbonyl (C=O) groups is 2. The first kappa shape index (κ1) is 30.4. The van der Waals surface area contributed by atoms with Crippen LogP contribution in [0.15, 0.2) is 112 Å². The van der Waals surface area contributed by atoms with Gasteiger partial charge in [0.05, 0.1) is 34.8 Å². The Labute approximate surface area is 277 Å². The summed E-state index contributed by atoms with van der Waals surface area (Å²) in [4.78, 5) is 47.1. The molecule has 0 spiro atoms. The third kappa shape index (κ3) is 5.57. The number of aromatic nitrogens is 2. The van der Waals surface area contributed by atoms with Crippen LogP contribution in [-0.2, 0) is 13.0 Å². The van der Waals surface area contributed by atoms with E-state index in [1.807, 2.05) is 72.3 Å². The number of fused-ring (bicyclic) bond motifs is 2. The highest BCUT2D eigenvalue weighted by Gasteiger charge is 2.36. The van der Waals surface area contributed by atoms with Crippen LogP contribution in [0.5, 0.6) is 0 Å². The van der Waals surface area contributed by atoms with Crippen LogP contribution in [0.4, 0.5) is 0 Å². The Morgan fingerprint density at radius 2 is 1.49 bits per heavy atom. The lowest BCUT2D eigenvalue weighted by molar-refractivity contribution is 0.0640. The van der Waals surface area contributed by atoms with E-state index in [1.165, 1.54) is 4.90 Å². The number of aryl methyl sites for hydroxylation is 1. The third-order valence-corrected chi connectivity index (χ3v) is 8.93. The molecule has 0 unspecified atom stereocenters. The lowest BCUT2D eigenvalue weighted by atomic mass is 9.93. The maximum atomic E-state index is 14.2. The molecule has 47 heavy (non-hydrogen) atoms. The standard InChI is InChI=1S/C39H32ClN3O4/c1-23(2)34(36-32(19-25-9-5-4-6-10-25)35(44)31-18-17-27(40)20-33(31)47-36)42-21-28(41-37(42)26-15-13-24(3)14-16-26)22-43-38(45)29-11-7-8-12-30(29)39(43)46/h4-18,20-21,23,34H,19,22H2,1-3H3/t34-/m1/s1. The highest BCUT2D eigenvalue weighted by Crippen LogP contribution is 2.36. The van der Waals surface area contributed by atoms with Gasteiger partial charge in [-0.05, 0) is 42.7 Å². The van der Waals surface area contributed by atoms with E-state index < -0.39 is 6.04 Å². The summed E-state index contributed by atoms with van der Waals surface area (Å²) < 4.78 is 8.70. The summed E-state index contributed by atoms with van der Waals surface area (Å²) in [6.07, 6.45) is 2.24. The molecule has 0 N–H and O–H groups in total. The average molecular weight is 642 g/mol. The van der Waals surface area contributed by atoms with Crippen LogP contribution in [-0.4, -0.2) is 26.3 Å². The van der Waals surface area contributed by atoms with Gasteiger partial charge in [-0.25, -0.2) is 4.98 Å². The quantitative estimate of drug-likeness (QED) is 0.156. The minimum atomic E-state index is -0.468. The van der Waals surface area contributed by atoms with Gasteiger partial charge >= 0.3 is 0 Å². The molecule has 7 nitrogen and oxygen atoms in total. The first-order chi connectivity index (χ1) is 22.7. The third-order valence-electron chi connectivity index (χ3n) is 8.69. The van der Waals surface area contributed by atoms with Gasteiger partial charge in [-0.2, -0.15) is 0 Å². The van der Waals surface area contributed by atoms with Crippen LogP contribution in [0.3, 0.4) is 0 Å². The molecule has 1 atom stereocenters. The second-order valence-corrected chi connectivity index (χ2v) is 12.8. The Morgan fingerprint density at radius 1 is 0.830 bits per heavy atom. The fraction of sp³-hybridized carbons (Fsp3) is 0.179.